The zero-order chi connectivity index (χ0) is 22.0. The SMILES string of the molecule is CC(C)n1nc(C(=O)NNC(=O)Cc2csc(-c3ccsc3)n2)c2ccccc2c1=O. The van der Waals surface area contributed by atoms with E-state index >= 15 is 0 Å². The molecular formula is C21H19N5O3S2. The van der Waals surface area contributed by atoms with Gasteiger partial charge in [-0.3, -0.25) is 25.2 Å². The van der Waals surface area contributed by atoms with E-state index in [0.717, 1.165) is 10.6 Å². The van der Waals surface area contributed by atoms with E-state index in [1.54, 1.807) is 35.6 Å². The van der Waals surface area contributed by atoms with Crippen LogP contribution in [-0.2, 0) is 11.2 Å². The number of carbonyl (C=O) groups is 2. The lowest BCUT2D eigenvalue weighted by atomic mass is 10.1. The first-order valence-corrected chi connectivity index (χ1v) is 11.3. The third-order valence-electron chi connectivity index (χ3n) is 4.51. The molecule has 2 N–H and O–H groups in total. The van der Waals surface area contributed by atoms with Crippen LogP contribution in [0.25, 0.3) is 21.3 Å². The van der Waals surface area contributed by atoms with Crippen LogP contribution in [0.1, 0.15) is 36.1 Å². The van der Waals surface area contributed by atoms with Crippen LogP contribution in [0.3, 0.4) is 0 Å². The Morgan fingerprint density at radius 1 is 1.10 bits per heavy atom. The van der Waals surface area contributed by atoms with Crippen molar-refractivity contribution in [2.45, 2.75) is 26.3 Å². The molecule has 2 amide bonds. The van der Waals surface area contributed by atoms with Crippen molar-refractivity contribution in [3.05, 3.63) is 68.2 Å². The van der Waals surface area contributed by atoms with Gasteiger partial charge >= 0.3 is 0 Å². The van der Waals surface area contributed by atoms with E-state index in [-0.39, 0.29) is 23.7 Å². The zero-order valence-corrected chi connectivity index (χ0v) is 18.4. The predicted octanol–water partition coefficient (Wildman–Crippen LogP) is 3.17. The quantitative estimate of drug-likeness (QED) is 0.452. The molecule has 4 rings (SSSR count). The van der Waals surface area contributed by atoms with Crippen LogP contribution in [0.4, 0.5) is 0 Å². The van der Waals surface area contributed by atoms with Crippen molar-refractivity contribution >= 4 is 45.3 Å². The molecule has 0 spiro atoms. The topological polar surface area (TPSA) is 106 Å². The van der Waals surface area contributed by atoms with Gasteiger partial charge in [-0.2, -0.15) is 16.4 Å². The largest absolute Gasteiger partial charge is 0.290 e. The molecule has 158 valence electrons. The van der Waals surface area contributed by atoms with E-state index in [1.165, 1.54) is 16.0 Å². The first-order valence-electron chi connectivity index (χ1n) is 9.51. The maximum absolute atomic E-state index is 12.7. The normalized spacial score (nSPS) is 11.1. The van der Waals surface area contributed by atoms with Crippen LogP contribution in [-0.4, -0.2) is 26.6 Å². The Bertz CT molecular complexity index is 1310. The smallest absolute Gasteiger partial charge is 0.273 e. The lowest BCUT2D eigenvalue weighted by molar-refractivity contribution is -0.121. The molecule has 0 saturated heterocycles. The number of thiophene rings is 1. The highest BCUT2D eigenvalue weighted by Gasteiger charge is 2.18. The molecule has 31 heavy (non-hydrogen) atoms. The van der Waals surface area contributed by atoms with Gasteiger partial charge in [0.15, 0.2) is 5.69 Å². The number of hydrazine groups is 1. The van der Waals surface area contributed by atoms with Crippen LogP contribution >= 0.6 is 22.7 Å². The molecular weight excluding hydrogens is 434 g/mol. The molecule has 10 heteroatoms. The van der Waals surface area contributed by atoms with Crippen molar-refractivity contribution in [2.24, 2.45) is 0 Å². The zero-order valence-electron chi connectivity index (χ0n) is 16.8. The molecule has 4 aromatic rings. The highest BCUT2D eigenvalue weighted by Crippen LogP contribution is 2.25. The first kappa shape index (κ1) is 20.9. The molecule has 0 unspecified atom stereocenters. The monoisotopic (exact) mass is 453 g/mol. The minimum atomic E-state index is -0.601. The van der Waals surface area contributed by atoms with Gasteiger partial charge in [0, 0.05) is 21.7 Å². The Hall–Kier alpha value is -3.37. The summed E-state index contributed by atoms with van der Waals surface area (Å²) < 4.78 is 1.26. The van der Waals surface area contributed by atoms with Gasteiger partial charge < -0.3 is 0 Å². The fraction of sp³-hybridized carbons (Fsp3) is 0.190. The molecule has 0 fully saturated rings. The third-order valence-corrected chi connectivity index (χ3v) is 6.13. The molecule has 3 aromatic heterocycles. The highest BCUT2D eigenvalue weighted by atomic mass is 32.1. The number of thiazole rings is 1. The van der Waals surface area contributed by atoms with Gasteiger partial charge in [0.1, 0.15) is 5.01 Å². The minimum absolute atomic E-state index is 0.0284. The molecule has 3 heterocycles. The lowest BCUT2D eigenvalue weighted by Gasteiger charge is -2.13. The number of fused-ring (bicyclic) bond motifs is 1. The number of nitrogens with zero attached hydrogens (tertiary/aromatic N) is 3. The average Bonchev–Trinajstić information content (AvgIpc) is 3.44. The van der Waals surface area contributed by atoms with Crippen molar-refractivity contribution in [1.82, 2.24) is 25.6 Å². The molecule has 0 saturated carbocycles. The molecule has 0 atom stereocenters. The molecule has 0 aliphatic heterocycles. The van der Waals surface area contributed by atoms with E-state index < -0.39 is 11.8 Å². The number of nitrogens with one attached hydrogen (secondary N) is 2. The average molecular weight is 454 g/mol. The van der Waals surface area contributed by atoms with Gasteiger partial charge in [-0.05, 0) is 31.4 Å². The van der Waals surface area contributed by atoms with Gasteiger partial charge in [0.2, 0.25) is 5.91 Å². The summed E-state index contributed by atoms with van der Waals surface area (Å²) in [6, 6.07) is 8.52. The predicted molar refractivity (Wildman–Crippen MR) is 121 cm³/mol. The highest BCUT2D eigenvalue weighted by molar-refractivity contribution is 7.14. The Morgan fingerprint density at radius 3 is 2.58 bits per heavy atom. The standard InChI is InChI=1S/C21H19N5O3S2/c1-12(2)26-21(29)16-6-4-3-5-15(16)18(25-26)19(28)24-23-17(27)9-14-11-31-20(22-14)13-7-8-30-10-13/h3-8,10-12H,9H2,1-2H3,(H,23,27)(H,24,28). The second kappa shape index (κ2) is 8.78. The fourth-order valence-electron chi connectivity index (χ4n) is 3.03. The minimum Gasteiger partial charge on any atom is -0.273 e. The van der Waals surface area contributed by atoms with Gasteiger partial charge in [-0.25, -0.2) is 9.67 Å². The van der Waals surface area contributed by atoms with Crippen LogP contribution in [0.5, 0.6) is 0 Å². The molecule has 0 radical (unpaired) electrons. The number of rotatable bonds is 5. The number of benzene rings is 1. The van der Waals surface area contributed by atoms with Crippen LogP contribution in [0.2, 0.25) is 0 Å². The molecule has 0 bridgehead atoms. The van der Waals surface area contributed by atoms with Crippen LogP contribution < -0.4 is 16.4 Å². The van der Waals surface area contributed by atoms with E-state index in [9.17, 15) is 14.4 Å². The summed E-state index contributed by atoms with van der Waals surface area (Å²) in [5.74, 6) is -1.01. The van der Waals surface area contributed by atoms with Crippen molar-refractivity contribution in [1.29, 1.82) is 0 Å². The number of carbonyl (C=O) groups excluding carboxylic acids is 2. The van der Waals surface area contributed by atoms with E-state index in [2.05, 4.69) is 20.9 Å². The first-order chi connectivity index (χ1) is 14.9. The summed E-state index contributed by atoms with van der Waals surface area (Å²) in [4.78, 5) is 42.1. The summed E-state index contributed by atoms with van der Waals surface area (Å²) in [6.07, 6.45) is 0.0284. The Labute approximate surface area is 185 Å². The van der Waals surface area contributed by atoms with Crippen molar-refractivity contribution in [3.8, 4) is 10.6 Å². The van der Waals surface area contributed by atoms with Gasteiger partial charge in [0.25, 0.3) is 11.5 Å². The van der Waals surface area contributed by atoms with Gasteiger partial charge in [-0.15, -0.1) is 11.3 Å². The van der Waals surface area contributed by atoms with Gasteiger partial charge in [0.05, 0.1) is 23.5 Å². The molecule has 8 nitrogen and oxygen atoms in total. The number of hydrogen-bond acceptors (Lipinski definition) is 7. The number of amides is 2. The van der Waals surface area contributed by atoms with E-state index in [4.69, 9.17) is 0 Å². The van der Waals surface area contributed by atoms with E-state index in [0.29, 0.717) is 16.5 Å². The Balaban J connectivity index is 1.47. The lowest BCUT2D eigenvalue weighted by Crippen LogP contribution is -2.43. The number of hydrogen-bond donors (Lipinski definition) is 2. The second-order valence-corrected chi connectivity index (χ2v) is 8.71. The van der Waals surface area contributed by atoms with Crippen LogP contribution in [0.15, 0.2) is 51.3 Å². The van der Waals surface area contributed by atoms with Gasteiger partial charge in [-0.1, -0.05) is 18.2 Å². The Kier molecular flexibility index (Phi) is 5.92. The summed E-state index contributed by atoms with van der Waals surface area (Å²) in [5.41, 5.74) is 6.24. The maximum atomic E-state index is 12.7. The Morgan fingerprint density at radius 2 is 1.87 bits per heavy atom. The molecule has 0 aliphatic rings. The third kappa shape index (κ3) is 4.39. The molecule has 0 aliphatic carbocycles. The second-order valence-electron chi connectivity index (χ2n) is 7.07. The fourth-order valence-corrected chi connectivity index (χ4v) is 4.56. The molecule has 1 aromatic carbocycles. The summed E-state index contributed by atoms with van der Waals surface area (Å²) in [5, 5.41) is 11.7. The van der Waals surface area contributed by atoms with E-state index in [1.807, 2.05) is 36.1 Å². The maximum Gasteiger partial charge on any atom is 0.290 e. The van der Waals surface area contributed by atoms with Crippen molar-refractivity contribution in [3.63, 3.8) is 0 Å². The van der Waals surface area contributed by atoms with Crippen molar-refractivity contribution in [2.75, 3.05) is 0 Å². The summed E-state index contributed by atoms with van der Waals surface area (Å²) in [6.45, 7) is 3.62. The van der Waals surface area contributed by atoms with Crippen LogP contribution in [0, 0.1) is 0 Å². The summed E-state index contributed by atoms with van der Waals surface area (Å²) >= 11 is 3.05. The summed E-state index contributed by atoms with van der Waals surface area (Å²) in [7, 11) is 0. The van der Waals surface area contributed by atoms with Crippen molar-refractivity contribution < 1.29 is 9.59 Å². The number of aromatic nitrogens is 3.